The SMILES string of the molecule is Cc1cc(N2CCCN(Cc3nccn3C)CC2)nc(N)n1. The van der Waals surface area contributed by atoms with E-state index < -0.39 is 0 Å². The number of nitrogen functional groups attached to an aromatic ring is 1. The van der Waals surface area contributed by atoms with Crippen LogP contribution in [0.15, 0.2) is 18.5 Å². The molecule has 1 aliphatic heterocycles. The average molecular weight is 301 g/mol. The fraction of sp³-hybridized carbons (Fsp3) is 0.533. The van der Waals surface area contributed by atoms with Crippen molar-refractivity contribution in [1.29, 1.82) is 0 Å². The van der Waals surface area contributed by atoms with Gasteiger partial charge in [0.25, 0.3) is 0 Å². The van der Waals surface area contributed by atoms with Crippen LogP contribution in [0.25, 0.3) is 0 Å². The van der Waals surface area contributed by atoms with Crippen LogP contribution in [-0.4, -0.2) is 50.6 Å². The molecule has 1 aliphatic rings. The predicted octanol–water partition coefficient (Wildman–Crippen LogP) is 0.813. The number of aromatic nitrogens is 4. The smallest absolute Gasteiger partial charge is 0.222 e. The lowest BCUT2D eigenvalue weighted by Gasteiger charge is -2.23. The van der Waals surface area contributed by atoms with E-state index in [1.807, 2.05) is 32.4 Å². The van der Waals surface area contributed by atoms with Gasteiger partial charge in [-0.05, 0) is 13.3 Å². The first-order valence-corrected chi connectivity index (χ1v) is 7.66. The fourth-order valence-electron chi connectivity index (χ4n) is 2.84. The van der Waals surface area contributed by atoms with Gasteiger partial charge in [0.2, 0.25) is 5.95 Å². The Morgan fingerprint density at radius 1 is 1.18 bits per heavy atom. The molecule has 7 nitrogen and oxygen atoms in total. The molecule has 22 heavy (non-hydrogen) atoms. The monoisotopic (exact) mass is 301 g/mol. The molecule has 1 fully saturated rings. The highest BCUT2D eigenvalue weighted by Crippen LogP contribution is 2.16. The van der Waals surface area contributed by atoms with E-state index in [0.717, 1.165) is 56.5 Å². The lowest BCUT2D eigenvalue weighted by molar-refractivity contribution is 0.275. The van der Waals surface area contributed by atoms with Crippen LogP contribution in [0.4, 0.5) is 11.8 Å². The summed E-state index contributed by atoms with van der Waals surface area (Å²) in [6.07, 6.45) is 4.95. The Kier molecular flexibility index (Phi) is 4.24. The second-order valence-corrected chi connectivity index (χ2v) is 5.80. The minimum absolute atomic E-state index is 0.351. The van der Waals surface area contributed by atoms with Gasteiger partial charge in [0.15, 0.2) is 0 Å². The normalized spacial score (nSPS) is 16.7. The van der Waals surface area contributed by atoms with Crippen LogP contribution >= 0.6 is 0 Å². The standard InChI is InChI=1S/C15H23N7/c1-12-10-13(19-15(16)18-12)22-6-3-5-21(8-9-22)11-14-17-4-7-20(14)2/h4,7,10H,3,5-6,8-9,11H2,1-2H3,(H2,16,18,19). The zero-order valence-electron chi connectivity index (χ0n) is 13.2. The number of hydrogen-bond donors (Lipinski definition) is 1. The zero-order valence-corrected chi connectivity index (χ0v) is 13.2. The van der Waals surface area contributed by atoms with Gasteiger partial charge in [0, 0.05) is 57.4 Å². The van der Waals surface area contributed by atoms with Crippen molar-refractivity contribution in [3.05, 3.63) is 30.0 Å². The summed E-state index contributed by atoms with van der Waals surface area (Å²) in [7, 11) is 2.04. The number of nitrogens with zero attached hydrogens (tertiary/aromatic N) is 6. The number of anilines is 2. The fourth-order valence-corrected chi connectivity index (χ4v) is 2.84. The van der Waals surface area contributed by atoms with Gasteiger partial charge < -0.3 is 15.2 Å². The molecule has 1 saturated heterocycles. The molecular weight excluding hydrogens is 278 g/mol. The number of aryl methyl sites for hydroxylation is 2. The number of rotatable bonds is 3. The molecule has 0 aromatic carbocycles. The predicted molar refractivity (Wildman–Crippen MR) is 86.5 cm³/mol. The highest BCUT2D eigenvalue weighted by Gasteiger charge is 2.18. The van der Waals surface area contributed by atoms with E-state index in [-0.39, 0.29) is 0 Å². The van der Waals surface area contributed by atoms with E-state index in [2.05, 4.69) is 29.3 Å². The number of nitrogens with two attached hydrogens (primary N) is 1. The van der Waals surface area contributed by atoms with E-state index in [9.17, 15) is 0 Å². The molecule has 0 bridgehead atoms. The molecule has 0 aliphatic carbocycles. The molecule has 2 aromatic heterocycles. The molecule has 0 amide bonds. The van der Waals surface area contributed by atoms with Crippen LogP contribution in [0.5, 0.6) is 0 Å². The van der Waals surface area contributed by atoms with Crippen LogP contribution in [-0.2, 0) is 13.6 Å². The van der Waals surface area contributed by atoms with Gasteiger partial charge in [0.05, 0.1) is 6.54 Å². The first kappa shape index (κ1) is 14.8. The van der Waals surface area contributed by atoms with Crippen molar-refractivity contribution in [2.75, 3.05) is 36.8 Å². The number of imidazole rings is 1. The summed E-state index contributed by atoms with van der Waals surface area (Å²) < 4.78 is 2.08. The van der Waals surface area contributed by atoms with Crippen LogP contribution < -0.4 is 10.6 Å². The Morgan fingerprint density at radius 2 is 2.05 bits per heavy atom. The molecule has 7 heteroatoms. The third-order valence-electron chi connectivity index (χ3n) is 4.06. The molecule has 3 rings (SSSR count). The molecule has 0 unspecified atom stereocenters. The average Bonchev–Trinajstić information content (AvgIpc) is 2.73. The molecule has 0 saturated carbocycles. The van der Waals surface area contributed by atoms with Gasteiger partial charge in [-0.1, -0.05) is 0 Å². The van der Waals surface area contributed by atoms with Crippen molar-refractivity contribution in [2.45, 2.75) is 19.9 Å². The van der Waals surface area contributed by atoms with E-state index in [0.29, 0.717) is 5.95 Å². The summed E-state index contributed by atoms with van der Waals surface area (Å²) in [6, 6.07) is 2.00. The summed E-state index contributed by atoms with van der Waals surface area (Å²) in [5.74, 6) is 2.39. The van der Waals surface area contributed by atoms with Crippen LogP contribution in [0, 0.1) is 6.92 Å². The minimum Gasteiger partial charge on any atom is -0.368 e. The second-order valence-electron chi connectivity index (χ2n) is 5.80. The Morgan fingerprint density at radius 3 is 2.77 bits per heavy atom. The Labute approximate surface area is 130 Å². The summed E-state index contributed by atoms with van der Waals surface area (Å²) in [6.45, 7) is 6.85. The summed E-state index contributed by atoms with van der Waals surface area (Å²) in [5, 5.41) is 0. The topological polar surface area (TPSA) is 76.1 Å². The lowest BCUT2D eigenvalue weighted by Crippen LogP contribution is -2.31. The first-order chi connectivity index (χ1) is 10.6. The molecule has 0 radical (unpaired) electrons. The molecule has 2 aromatic rings. The van der Waals surface area contributed by atoms with Gasteiger partial charge in [0.1, 0.15) is 11.6 Å². The lowest BCUT2D eigenvalue weighted by atomic mass is 10.3. The van der Waals surface area contributed by atoms with Crippen molar-refractivity contribution in [3.63, 3.8) is 0 Å². The van der Waals surface area contributed by atoms with Crippen LogP contribution in [0.3, 0.4) is 0 Å². The van der Waals surface area contributed by atoms with Crippen molar-refractivity contribution in [3.8, 4) is 0 Å². The van der Waals surface area contributed by atoms with E-state index in [1.165, 1.54) is 0 Å². The van der Waals surface area contributed by atoms with Crippen molar-refractivity contribution >= 4 is 11.8 Å². The molecule has 118 valence electrons. The van der Waals surface area contributed by atoms with E-state index in [4.69, 9.17) is 5.73 Å². The zero-order chi connectivity index (χ0) is 15.5. The molecular formula is C15H23N7. The maximum atomic E-state index is 5.77. The number of hydrogen-bond acceptors (Lipinski definition) is 6. The Balaban J connectivity index is 1.65. The van der Waals surface area contributed by atoms with Crippen molar-refractivity contribution in [1.82, 2.24) is 24.4 Å². The molecule has 3 heterocycles. The third-order valence-corrected chi connectivity index (χ3v) is 4.06. The third kappa shape index (κ3) is 3.36. The van der Waals surface area contributed by atoms with Crippen molar-refractivity contribution in [2.24, 2.45) is 7.05 Å². The maximum absolute atomic E-state index is 5.77. The second kappa shape index (κ2) is 6.31. The van der Waals surface area contributed by atoms with E-state index >= 15 is 0 Å². The summed E-state index contributed by atoms with van der Waals surface area (Å²) in [4.78, 5) is 17.7. The van der Waals surface area contributed by atoms with Gasteiger partial charge >= 0.3 is 0 Å². The Hall–Kier alpha value is -2.15. The maximum Gasteiger partial charge on any atom is 0.222 e. The Bertz CT molecular complexity index is 616. The van der Waals surface area contributed by atoms with Crippen molar-refractivity contribution < 1.29 is 0 Å². The first-order valence-electron chi connectivity index (χ1n) is 7.66. The van der Waals surface area contributed by atoms with Crippen LogP contribution in [0.1, 0.15) is 17.9 Å². The van der Waals surface area contributed by atoms with E-state index in [1.54, 1.807) is 0 Å². The largest absolute Gasteiger partial charge is 0.368 e. The molecule has 0 spiro atoms. The van der Waals surface area contributed by atoms with Crippen LogP contribution in [0.2, 0.25) is 0 Å². The highest BCUT2D eigenvalue weighted by molar-refractivity contribution is 5.43. The minimum atomic E-state index is 0.351. The van der Waals surface area contributed by atoms with Gasteiger partial charge in [-0.25, -0.2) is 9.97 Å². The summed E-state index contributed by atoms with van der Waals surface area (Å²) >= 11 is 0. The quantitative estimate of drug-likeness (QED) is 0.904. The highest BCUT2D eigenvalue weighted by atomic mass is 15.3. The van der Waals surface area contributed by atoms with Gasteiger partial charge in [-0.15, -0.1) is 0 Å². The van der Waals surface area contributed by atoms with Gasteiger partial charge in [-0.2, -0.15) is 4.98 Å². The molecule has 0 atom stereocenters. The summed E-state index contributed by atoms with van der Waals surface area (Å²) in [5.41, 5.74) is 6.68. The van der Waals surface area contributed by atoms with Gasteiger partial charge in [-0.3, -0.25) is 4.90 Å². The molecule has 2 N–H and O–H groups in total.